The first-order valence-corrected chi connectivity index (χ1v) is 6.79. The molecule has 0 aliphatic carbocycles. The van der Waals surface area contributed by atoms with Gasteiger partial charge in [0.15, 0.2) is 0 Å². The number of amides is 1. The summed E-state index contributed by atoms with van der Waals surface area (Å²) in [5.74, 6) is -0.180. The fraction of sp³-hybridized carbons (Fsp3) is 0.143. The van der Waals surface area contributed by atoms with Gasteiger partial charge >= 0.3 is 6.18 Å². The van der Waals surface area contributed by atoms with Crippen molar-refractivity contribution in [1.82, 2.24) is 4.98 Å². The first kappa shape index (κ1) is 16.3. The van der Waals surface area contributed by atoms with Crippen LogP contribution in [0.4, 0.5) is 18.9 Å². The van der Waals surface area contributed by atoms with Crippen LogP contribution in [0.3, 0.4) is 0 Å². The summed E-state index contributed by atoms with van der Waals surface area (Å²) in [4.78, 5) is 16.0. The summed E-state index contributed by atoms with van der Waals surface area (Å²) in [6.45, 7) is 0. The minimum atomic E-state index is -4.43. The maximum absolute atomic E-state index is 12.5. The van der Waals surface area contributed by atoms with Crippen LogP contribution in [0.5, 0.6) is 5.88 Å². The van der Waals surface area contributed by atoms with E-state index in [1.54, 1.807) is 12.1 Å². The van der Waals surface area contributed by atoms with Gasteiger partial charge in [-0.15, -0.1) is 0 Å². The highest BCUT2D eigenvalue weighted by Gasteiger charge is 2.30. The molecule has 1 N–H and O–H groups in total. The van der Waals surface area contributed by atoms with Crippen molar-refractivity contribution in [3.05, 3.63) is 52.1 Å². The molecule has 2 rings (SSSR count). The monoisotopic (exact) mass is 374 g/mol. The molecule has 0 unspecified atom stereocenters. The van der Waals surface area contributed by atoms with Crippen molar-refractivity contribution in [1.29, 1.82) is 0 Å². The van der Waals surface area contributed by atoms with E-state index in [1.165, 1.54) is 7.11 Å². The van der Waals surface area contributed by atoms with Gasteiger partial charge in [0.1, 0.15) is 4.60 Å². The molecule has 4 nitrogen and oxygen atoms in total. The second-order valence-electron chi connectivity index (χ2n) is 4.22. The third kappa shape index (κ3) is 3.76. The smallest absolute Gasteiger partial charge is 0.416 e. The van der Waals surface area contributed by atoms with E-state index in [-0.39, 0.29) is 5.56 Å². The van der Waals surface area contributed by atoms with Crippen LogP contribution in [0.1, 0.15) is 15.9 Å². The highest BCUT2D eigenvalue weighted by molar-refractivity contribution is 9.10. The minimum Gasteiger partial charge on any atom is -0.481 e. The number of carbonyl (C=O) groups is 1. The Kier molecular flexibility index (Phi) is 4.70. The van der Waals surface area contributed by atoms with E-state index in [0.29, 0.717) is 16.2 Å². The Morgan fingerprint density at radius 2 is 1.82 bits per heavy atom. The highest BCUT2D eigenvalue weighted by Crippen LogP contribution is 2.29. The van der Waals surface area contributed by atoms with Crippen molar-refractivity contribution in [2.45, 2.75) is 6.18 Å². The average Bonchev–Trinajstić information content (AvgIpc) is 2.48. The van der Waals surface area contributed by atoms with Gasteiger partial charge < -0.3 is 10.1 Å². The lowest BCUT2D eigenvalue weighted by molar-refractivity contribution is -0.137. The van der Waals surface area contributed by atoms with Crippen LogP contribution in [-0.2, 0) is 6.18 Å². The molecule has 0 aliphatic heterocycles. The highest BCUT2D eigenvalue weighted by atomic mass is 79.9. The van der Waals surface area contributed by atoms with E-state index in [9.17, 15) is 18.0 Å². The summed E-state index contributed by atoms with van der Waals surface area (Å²) in [5.41, 5.74) is -0.322. The summed E-state index contributed by atoms with van der Waals surface area (Å²) < 4.78 is 42.7. The summed E-state index contributed by atoms with van der Waals surface area (Å²) in [7, 11) is 1.45. The number of methoxy groups -OCH3 is 1. The molecule has 0 atom stereocenters. The summed E-state index contributed by atoms with van der Waals surface area (Å²) in [6.07, 6.45) is -4.43. The predicted octanol–water partition coefficient (Wildman–Crippen LogP) is 4.12. The number of nitrogens with one attached hydrogen (secondary N) is 1. The SMILES string of the molecule is COc1ccc(NC(=O)c2ccc(C(F)(F)F)cc2)c(Br)n1. The number of ether oxygens (including phenoxy) is 1. The molecule has 0 bridgehead atoms. The van der Waals surface area contributed by atoms with Crippen LogP contribution < -0.4 is 10.1 Å². The number of carbonyl (C=O) groups excluding carboxylic acids is 1. The molecule has 0 radical (unpaired) electrons. The first-order valence-electron chi connectivity index (χ1n) is 6.00. The Bertz CT molecular complexity index is 687. The molecule has 0 aliphatic rings. The van der Waals surface area contributed by atoms with E-state index < -0.39 is 17.6 Å². The Balaban J connectivity index is 2.15. The van der Waals surface area contributed by atoms with E-state index >= 15 is 0 Å². The van der Waals surface area contributed by atoms with Crippen LogP contribution in [0.2, 0.25) is 0 Å². The van der Waals surface area contributed by atoms with Gasteiger partial charge in [-0.2, -0.15) is 13.2 Å². The summed E-state index contributed by atoms with van der Waals surface area (Å²) in [5, 5.41) is 2.55. The summed E-state index contributed by atoms with van der Waals surface area (Å²) >= 11 is 3.17. The Hall–Kier alpha value is -2.09. The fourth-order valence-electron chi connectivity index (χ4n) is 1.63. The van der Waals surface area contributed by atoms with Crippen LogP contribution in [-0.4, -0.2) is 18.0 Å². The number of halogens is 4. The third-order valence-electron chi connectivity index (χ3n) is 2.75. The zero-order valence-corrected chi connectivity index (χ0v) is 12.8. The largest absolute Gasteiger partial charge is 0.481 e. The topological polar surface area (TPSA) is 51.2 Å². The molecule has 2 aromatic rings. The van der Waals surface area contributed by atoms with Gasteiger partial charge in [-0.05, 0) is 46.3 Å². The maximum atomic E-state index is 12.5. The van der Waals surface area contributed by atoms with Crippen LogP contribution in [0, 0.1) is 0 Å². The molecule has 0 saturated carbocycles. The van der Waals surface area contributed by atoms with Gasteiger partial charge in [-0.3, -0.25) is 4.79 Å². The molecule has 22 heavy (non-hydrogen) atoms. The normalized spacial score (nSPS) is 11.1. The molecule has 1 heterocycles. The first-order chi connectivity index (χ1) is 10.3. The van der Waals surface area contributed by atoms with Crippen molar-refractivity contribution in [3.8, 4) is 5.88 Å². The molecule has 116 valence electrons. The number of alkyl halides is 3. The summed E-state index contributed by atoms with van der Waals surface area (Å²) in [6, 6.07) is 7.06. The Labute approximate surface area is 132 Å². The second-order valence-corrected chi connectivity index (χ2v) is 4.97. The number of benzene rings is 1. The molecule has 1 amide bonds. The molecular weight excluding hydrogens is 365 g/mol. The van der Waals surface area contributed by atoms with Gasteiger partial charge in [0.05, 0.1) is 18.4 Å². The van der Waals surface area contributed by atoms with Crippen LogP contribution in [0.25, 0.3) is 0 Å². The van der Waals surface area contributed by atoms with Gasteiger partial charge in [-0.1, -0.05) is 0 Å². The van der Waals surface area contributed by atoms with Crippen molar-refractivity contribution < 1.29 is 22.7 Å². The third-order valence-corrected chi connectivity index (χ3v) is 3.36. The van der Waals surface area contributed by atoms with Crippen molar-refractivity contribution >= 4 is 27.5 Å². The van der Waals surface area contributed by atoms with E-state index in [4.69, 9.17) is 4.74 Å². The maximum Gasteiger partial charge on any atom is 0.416 e. The molecule has 0 fully saturated rings. The molecule has 1 aromatic heterocycles. The van der Waals surface area contributed by atoms with Gasteiger partial charge in [0.25, 0.3) is 5.91 Å². The number of pyridine rings is 1. The zero-order chi connectivity index (χ0) is 16.3. The molecule has 1 aromatic carbocycles. The van der Waals surface area contributed by atoms with Crippen molar-refractivity contribution in [2.24, 2.45) is 0 Å². The Morgan fingerprint density at radius 3 is 2.32 bits per heavy atom. The number of aromatic nitrogens is 1. The lowest BCUT2D eigenvalue weighted by Gasteiger charge is -2.09. The molecule has 0 spiro atoms. The van der Waals surface area contributed by atoms with Gasteiger partial charge in [0.2, 0.25) is 5.88 Å². The lowest BCUT2D eigenvalue weighted by Crippen LogP contribution is -2.13. The number of hydrogen-bond acceptors (Lipinski definition) is 3. The molecular formula is C14H10BrF3N2O2. The quantitative estimate of drug-likeness (QED) is 0.822. The lowest BCUT2D eigenvalue weighted by atomic mass is 10.1. The van der Waals surface area contributed by atoms with Gasteiger partial charge in [-0.25, -0.2) is 4.98 Å². The number of rotatable bonds is 3. The van der Waals surface area contributed by atoms with Crippen molar-refractivity contribution in [2.75, 3.05) is 12.4 Å². The number of anilines is 1. The second kappa shape index (κ2) is 6.35. The number of hydrogen-bond donors (Lipinski definition) is 1. The number of nitrogens with zero attached hydrogens (tertiary/aromatic N) is 1. The van der Waals surface area contributed by atoms with E-state index in [0.717, 1.165) is 24.3 Å². The van der Waals surface area contributed by atoms with E-state index in [2.05, 4.69) is 26.2 Å². The van der Waals surface area contributed by atoms with E-state index in [1.807, 2.05) is 0 Å². The zero-order valence-electron chi connectivity index (χ0n) is 11.2. The molecule has 8 heteroatoms. The van der Waals surface area contributed by atoms with Crippen LogP contribution >= 0.6 is 15.9 Å². The van der Waals surface area contributed by atoms with Gasteiger partial charge in [0, 0.05) is 11.6 Å². The van der Waals surface area contributed by atoms with Crippen molar-refractivity contribution in [3.63, 3.8) is 0 Å². The minimum absolute atomic E-state index is 0.107. The fourth-order valence-corrected chi connectivity index (χ4v) is 2.04. The predicted molar refractivity (Wildman–Crippen MR) is 77.9 cm³/mol. The van der Waals surface area contributed by atoms with Crippen LogP contribution in [0.15, 0.2) is 41.0 Å². The average molecular weight is 375 g/mol. The standard InChI is InChI=1S/C14H10BrF3N2O2/c1-22-11-7-6-10(12(15)20-11)19-13(21)8-2-4-9(5-3-8)14(16,17)18/h2-7H,1H3,(H,19,21). The Morgan fingerprint density at radius 1 is 1.18 bits per heavy atom. The molecule has 0 saturated heterocycles.